The molecule has 4 aromatic heterocycles. The molecular weight excluding hydrogens is 308 g/mol. The highest BCUT2D eigenvalue weighted by molar-refractivity contribution is 6.03. The van der Waals surface area contributed by atoms with E-state index in [1.165, 1.54) is 0 Å². The summed E-state index contributed by atoms with van der Waals surface area (Å²) in [7, 11) is 0. The molecule has 0 aliphatic heterocycles. The number of furan rings is 1. The Labute approximate surface area is 136 Å². The van der Waals surface area contributed by atoms with Crippen molar-refractivity contribution in [2.24, 2.45) is 0 Å². The molecule has 0 saturated carbocycles. The molecule has 0 spiro atoms. The van der Waals surface area contributed by atoms with Gasteiger partial charge in [0, 0.05) is 18.5 Å². The molecule has 0 bridgehead atoms. The van der Waals surface area contributed by atoms with Gasteiger partial charge in [-0.25, -0.2) is 9.97 Å². The molecule has 0 aromatic carbocycles. The van der Waals surface area contributed by atoms with Crippen LogP contribution in [0.15, 0.2) is 65.9 Å². The highest BCUT2D eigenvalue weighted by Crippen LogP contribution is 2.18. The Kier molecular flexibility index (Phi) is 3.39. The van der Waals surface area contributed by atoms with E-state index in [1.54, 1.807) is 66.1 Å². The van der Waals surface area contributed by atoms with Crippen LogP contribution in [0.4, 0.5) is 5.69 Å². The second-order valence-corrected chi connectivity index (χ2v) is 4.97. The second kappa shape index (κ2) is 5.84. The first-order chi connectivity index (χ1) is 11.8. The van der Waals surface area contributed by atoms with Crippen molar-refractivity contribution >= 4 is 11.6 Å². The molecule has 4 aromatic rings. The number of H-pyrrole nitrogens is 1. The molecule has 0 aliphatic carbocycles. The van der Waals surface area contributed by atoms with E-state index in [1.807, 2.05) is 0 Å². The van der Waals surface area contributed by atoms with Crippen LogP contribution in [0.25, 0.3) is 17.3 Å². The molecule has 1 amide bonds. The summed E-state index contributed by atoms with van der Waals surface area (Å²) < 4.78 is 7.03. The minimum absolute atomic E-state index is 0.264. The fraction of sp³-hybridized carbons (Fsp3) is 0. The van der Waals surface area contributed by atoms with Gasteiger partial charge in [0.1, 0.15) is 17.8 Å². The average Bonchev–Trinajstić information content (AvgIpc) is 3.35. The first-order valence-electron chi connectivity index (χ1n) is 7.14. The smallest absolute Gasteiger partial charge is 0.276 e. The number of anilines is 1. The average molecular weight is 320 g/mol. The Morgan fingerprint density at radius 2 is 2.25 bits per heavy atom. The molecule has 0 radical (unpaired) electrons. The number of hydrogen-bond donors (Lipinski definition) is 2. The topological polar surface area (TPSA) is 102 Å². The van der Waals surface area contributed by atoms with Crippen molar-refractivity contribution in [1.82, 2.24) is 24.7 Å². The monoisotopic (exact) mass is 320 g/mol. The fourth-order valence-corrected chi connectivity index (χ4v) is 2.20. The molecule has 8 nitrogen and oxygen atoms in total. The lowest BCUT2D eigenvalue weighted by molar-refractivity contribution is 0.102. The van der Waals surface area contributed by atoms with Crippen molar-refractivity contribution in [3.05, 3.63) is 67.2 Å². The van der Waals surface area contributed by atoms with Gasteiger partial charge in [-0.05, 0) is 24.3 Å². The minimum Gasteiger partial charge on any atom is -0.463 e. The third-order valence-electron chi connectivity index (χ3n) is 3.37. The Hall–Kier alpha value is -3.68. The second-order valence-electron chi connectivity index (χ2n) is 4.97. The highest BCUT2D eigenvalue weighted by atomic mass is 16.3. The number of carbonyl (C=O) groups excluding carboxylic acids is 1. The van der Waals surface area contributed by atoms with Gasteiger partial charge in [0.2, 0.25) is 0 Å². The fourth-order valence-electron chi connectivity index (χ4n) is 2.20. The maximum Gasteiger partial charge on any atom is 0.276 e. The minimum atomic E-state index is -0.332. The molecule has 0 fully saturated rings. The van der Waals surface area contributed by atoms with E-state index in [0.717, 1.165) is 0 Å². The van der Waals surface area contributed by atoms with Crippen molar-refractivity contribution in [2.45, 2.75) is 0 Å². The zero-order valence-electron chi connectivity index (χ0n) is 12.4. The standard InChI is InChI=1S/C16H12N6O2/c23-16(13-8-12(20-21-13)14-2-1-7-24-14)19-11-3-4-15(18-9-11)22-6-5-17-10-22/h1-10H,(H,19,23)(H,20,21). The maximum absolute atomic E-state index is 12.2. The van der Waals surface area contributed by atoms with Crippen LogP contribution in [0.2, 0.25) is 0 Å². The van der Waals surface area contributed by atoms with Crippen LogP contribution < -0.4 is 5.32 Å². The molecule has 0 aliphatic rings. The van der Waals surface area contributed by atoms with E-state index >= 15 is 0 Å². The zero-order valence-corrected chi connectivity index (χ0v) is 12.4. The predicted octanol–water partition coefficient (Wildman–Crippen LogP) is 2.50. The van der Waals surface area contributed by atoms with Crippen LogP contribution in [0.1, 0.15) is 10.5 Å². The van der Waals surface area contributed by atoms with Gasteiger partial charge in [0.05, 0.1) is 18.1 Å². The molecule has 8 heteroatoms. The summed E-state index contributed by atoms with van der Waals surface area (Å²) in [5, 5.41) is 9.52. The summed E-state index contributed by atoms with van der Waals surface area (Å²) in [6.07, 6.45) is 8.25. The number of nitrogens with one attached hydrogen (secondary N) is 2. The predicted molar refractivity (Wildman–Crippen MR) is 85.6 cm³/mol. The number of nitrogens with zero attached hydrogens (tertiary/aromatic N) is 4. The third-order valence-corrected chi connectivity index (χ3v) is 3.37. The Morgan fingerprint density at radius 1 is 1.29 bits per heavy atom. The van der Waals surface area contributed by atoms with Gasteiger partial charge in [-0.15, -0.1) is 0 Å². The Balaban J connectivity index is 1.48. The largest absolute Gasteiger partial charge is 0.463 e. The van der Waals surface area contributed by atoms with E-state index in [2.05, 4.69) is 25.5 Å². The lowest BCUT2D eigenvalue weighted by Crippen LogP contribution is -2.12. The van der Waals surface area contributed by atoms with Gasteiger partial charge in [0.15, 0.2) is 11.5 Å². The van der Waals surface area contributed by atoms with E-state index in [0.29, 0.717) is 23.0 Å². The summed E-state index contributed by atoms with van der Waals surface area (Å²) in [6, 6.07) is 8.73. The van der Waals surface area contributed by atoms with Gasteiger partial charge in [0.25, 0.3) is 5.91 Å². The number of pyridine rings is 1. The third kappa shape index (κ3) is 2.68. The van der Waals surface area contributed by atoms with Crippen LogP contribution in [-0.4, -0.2) is 30.6 Å². The van der Waals surface area contributed by atoms with E-state index in [9.17, 15) is 4.79 Å². The van der Waals surface area contributed by atoms with E-state index < -0.39 is 0 Å². The lowest BCUT2D eigenvalue weighted by Gasteiger charge is -2.04. The van der Waals surface area contributed by atoms with Crippen LogP contribution in [-0.2, 0) is 0 Å². The van der Waals surface area contributed by atoms with Crippen LogP contribution in [0.5, 0.6) is 0 Å². The number of hydrogen-bond acceptors (Lipinski definition) is 5. The van der Waals surface area contributed by atoms with E-state index in [-0.39, 0.29) is 11.6 Å². The van der Waals surface area contributed by atoms with E-state index in [4.69, 9.17) is 4.42 Å². The molecule has 4 rings (SSSR count). The van der Waals surface area contributed by atoms with Gasteiger partial charge >= 0.3 is 0 Å². The Morgan fingerprint density at radius 3 is 2.96 bits per heavy atom. The Bertz CT molecular complexity index is 939. The van der Waals surface area contributed by atoms with Gasteiger partial charge in [-0.3, -0.25) is 14.5 Å². The van der Waals surface area contributed by atoms with Gasteiger partial charge in [-0.2, -0.15) is 5.10 Å². The molecule has 24 heavy (non-hydrogen) atoms. The normalized spacial score (nSPS) is 10.7. The van der Waals surface area contributed by atoms with Crippen molar-refractivity contribution in [1.29, 1.82) is 0 Å². The number of imidazole rings is 1. The summed E-state index contributed by atoms with van der Waals surface area (Å²) in [5.74, 6) is 1.000. The molecule has 4 heterocycles. The number of carbonyl (C=O) groups is 1. The van der Waals surface area contributed by atoms with Crippen molar-refractivity contribution in [3.63, 3.8) is 0 Å². The number of aromatic nitrogens is 5. The highest BCUT2D eigenvalue weighted by Gasteiger charge is 2.13. The van der Waals surface area contributed by atoms with Crippen molar-refractivity contribution < 1.29 is 9.21 Å². The van der Waals surface area contributed by atoms with Gasteiger partial charge in [-0.1, -0.05) is 0 Å². The molecule has 0 unspecified atom stereocenters. The number of amides is 1. The summed E-state index contributed by atoms with van der Waals surface area (Å²) >= 11 is 0. The molecule has 0 atom stereocenters. The van der Waals surface area contributed by atoms with Crippen molar-refractivity contribution in [2.75, 3.05) is 5.32 Å². The molecule has 0 saturated heterocycles. The van der Waals surface area contributed by atoms with Gasteiger partial charge < -0.3 is 9.73 Å². The summed E-state index contributed by atoms with van der Waals surface area (Å²) in [5.41, 5.74) is 1.48. The van der Waals surface area contributed by atoms with Crippen molar-refractivity contribution in [3.8, 4) is 17.3 Å². The lowest BCUT2D eigenvalue weighted by atomic mass is 10.3. The van der Waals surface area contributed by atoms with Crippen LogP contribution in [0.3, 0.4) is 0 Å². The first-order valence-corrected chi connectivity index (χ1v) is 7.14. The SMILES string of the molecule is O=C(Nc1ccc(-n2ccnc2)nc1)c1cc(-c2ccco2)[nH]n1. The summed E-state index contributed by atoms with van der Waals surface area (Å²) in [6.45, 7) is 0. The van der Waals surface area contributed by atoms with Crippen LogP contribution >= 0.6 is 0 Å². The number of aromatic amines is 1. The number of rotatable bonds is 4. The summed E-state index contributed by atoms with van der Waals surface area (Å²) in [4.78, 5) is 20.5. The maximum atomic E-state index is 12.2. The quantitative estimate of drug-likeness (QED) is 0.601. The molecular formula is C16H12N6O2. The first kappa shape index (κ1) is 13.9. The molecule has 118 valence electrons. The zero-order chi connectivity index (χ0) is 16.4. The van der Waals surface area contributed by atoms with Crippen LogP contribution in [0, 0.1) is 0 Å². The molecule has 2 N–H and O–H groups in total.